The number of hydrogen-bond acceptors (Lipinski definition) is 3. The normalized spacial score (nSPS) is 19.5. The third kappa shape index (κ3) is 3.04. The molecule has 1 saturated heterocycles. The number of sulfonamides is 1. The molecule has 0 aliphatic carbocycles. The molecule has 0 atom stereocenters. The third-order valence-corrected chi connectivity index (χ3v) is 4.90. The van der Waals surface area contributed by atoms with Crippen LogP contribution in [0, 0.1) is 0 Å². The summed E-state index contributed by atoms with van der Waals surface area (Å²) in [6.07, 6.45) is 0. The van der Waals surface area contributed by atoms with Crippen molar-refractivity contribution in [1.29, 1.82) is 0 Å². The van der Waals surface area contributed by atoms with Crippen molar-refractivity contribution in [2.75, 3.05) is 23.4 Å². The Hall–Kier alpha value is -0.780. The predicted octanol–water partition coefficient (Wildman–Crippen LogP) is 2.76. The molecule has 0 amide bonds. The Balaban J connectivity index is 2.40. The fourth-order valence-corrected chi connectivity index (χ4v) is 3.77. The second-order valence-corrected chi connectivity index (χ2v) is 7.87. The highest BCUT2D eigenvalue weighted by Crippen LogP contribution is 2.33. The van der Waals surface area contributed by atoms with Gasteiger partial charge in [0.05, 0.1) is 18.8 Å². The van der Waals surface area contributed by atoms with Gasteiger partial charge >= 0.3 is 0 Å². The van der Waals surface area contributed by atoms with Crippen molar-refractivity contribution in [3.05, 3.63) is 28.8 Å². The van der Waals surface area contributed by atoms with E-state index in [1.54, 1.807) is 12.1 Å². The van der Waals surface area contributed by atoms with E-state index in [2.05, 4.69) is 20.8 Å². The summed E-state index contributed by atoms with van der Waals surface area (Å²) in [6.45, 7) is 6.93. The molecule has 4 nitrogen and oxygen atoms in total. The Kier molecular flexibility index (Phi) is 3.82. The van der Waals surface area contributed by atoms with Crippen LogP contribution in [0.15, 0.2) is 18.2 Å². The summed E-state index contributed by atoms with van der Waals surface area (Å²) in [5.74, 6) is -0.272. The third-order valence-electron chi connectivity index (χ3n) is 3.06. The van der Waals surface area contributed by atoms with Gasteiger partial charge in [0.1, 0.15) is 0 Å². The smallest absolute Gasteiger partial charge is 0.259 e. The molecule has 0 bridgehead atoms. The second kappa shape index (κ2) is 4.96. The highest BCUT2D eigenvalue weighted by Gasteiger charge is 2.27. The minimum Gasteiger partial charge on any atom is -0.362 e. The van der Waals surface area contributed by atoms with Crippen LogP contribution in [0.3, 0.4) is 0 Å². The zero-order valence-corrected chi connectivity index (χ0v) is 12.9. The second-order valence-electron chi connectivity index (χ2n) is 5.62. The molecular formula is C13H18ClNO3S. The first-order valence-electron chi connectivity index (χ1n) is 6.10. The quantitative estimate of drug-likeness (QED) is 0.801. The molecule has 0 aromatic heterocycles. The van der Waals surface area contributed by atoms with Crippen molar-refractivity contribution in [3.8, 4) is 0 Å². The monoisotopic (exact) mass is 303 g/mol. The van der Waals surface area contributed by atoms with E-state index in [0.29, 0.717) is 23.9 Å². The van der Waals surface area contributed by atoms with Crippen LogP contribution in [0.1, 0.15) is 26.3 Å². The lowest BCUT2D eigenvalue weighted by Crippen LogP contribution is -2.41. The van der Waals surface area contributed by atoms with Gasteiger partial charge in [0, 0.05) is 5.02 Å². The standard InChI is InChI=1S/C13H18ClNO3S/c1-13(2,3)11-5-4-10(8-12(11)14)15-6-7-18-9-19(15,16)17/h4-5,8H,6-7,9H2,1-3H3. The lowest BCUT2D eigenvalue weighted by molar-refractivity contribution is 0.175. The number of nitrogens with zero attached hydrogens (tertiary/aromatic N) is 1. The van der Waals surface area contributed by atoms with E-state index in [4.69, 9.17) is 16.3 Å². The van der Waals surface area contributed by atoms with Crippen LogP contribution in [-0.2, 0) is 20.2 Å². The number of anilines is 1. The molecular weight excluding hydrogens is 286 g/mol. The van der Waals surface area contributed by atoms with Crippen molar-refractivity contribution in [2.24, 2.45) is 0 Å². The number of ether oxygens (including phenoxy) is 1. The van der Waals surface area contributed by atoms with Gasteiger partial charge in [0.15, 0.2) is 5.94 Å². The molecule has 2 rings (SSSR count). The number of benzene rings is 1. The van der Waals surface area contributed by atoms with Crippen molar-refractivity contribution >= 4 is 27.3 Å². The van der Waals surface area contributed by atoms with E-state index in [0.717, 1.165) is 5.56 Å². The predicted molar refractivity (Wildman–Crippen MR) is 77.2 cm³/mol. The van der Waals surface area contributed by atoms with E-state index in [9.17, 15) is 8.42 Å². The zero-order chi connectivity index (χ0) is 14.3. The van der Waals surface area contributed by atoms with E-state index in [1.165, 1.54) is 4.31 Å². The summed E-state index contributed by atoms with van der Waals surface area (Å²) >= 11 is 6.27. The van der Waals surface area contributed by atoms with Gasteiger partial charge in [-0.2, -0.15) is 0 Å². The van der Waals surface area contributed by atoms with Gasteiger partial charge in [0.25, 0.3) is 10.0 Å². The van der Waals surface area contributed by atoms with Gasteiger partial charge < -0.3 is 4.74 Å². The summed E-state index contributed by atoms with van der Waals surface area (Å²) < 4.78 is 30.2. The van der Waals surface area contributed by atoms with Gasteiger partial charge in [-0.25, -0.2) is 8.42 Å². The summed E-state index contributed by atoms with van der Waals surface area (Å²) in [5, 5.41) is 0.590. The molecule has 6 heteroatoms. The van der Waals surface area contributed by atoms with Gasteiger partial charge in [-0.05, 0) is 23.1 Å². The maximum Gasteiger partial charge on any atom is 0.259 e. The van der Waals surface area contributed by atoms with Crippen LogP contribution in [0.25, 0.3) is 0 Å². The van der Waals surface area contributed by atoms with Crippen molar-refractivity contribution < 1.29 is 13.2 Å². The molecule has 1 aliphatic rings. The van der Waals surface area contributed by atoms with Crippen LogP contribution >= 0.6 is 11.6 Å². The molecule has 19 heavy (non-hydrogen) atoms. The number of rotatable bonds is 1. The Morgan fingerprint density at radius 2 is 2.00 bits per heavy atom. The van der Waals surface area contributed by atoms with E-state index in [-0.39, 0.29) is 11.4 Å². The van der Waals surface area contributed by atoms with E-state index < -0.39 is 10.0 Å². The summed E-state index contributed by atoms with van der Waals surface area (Å²) in [7, 11) is -3.39. The molecule has 0 radical (unpaired) electrons. The summed E-state index contributed by atoms with van der Waals surface area (Å²) in [4.78, 5) is 0. The lowest BCUT2D eigenvalue weighted by Gasteiger charge is -2.29. The first-order valence-corrected chi connectivity index (χ1v) is 8.09. The van der Waals surface area contributed by atoms with Crippen LogP contribution in [-0.4, -0.2) is 27.5 Å². The highest BCUT2D eigenvalue weighted by atomic mass is 35.5. The first kappa shape index (κ1) is 14.6. The average Bonchev–Trinajstić information content (AvgIpc) is 2.26. The van der Waals surface area contributed by atoms with Gasteiger partial charge in [-0.15, -0.1) is 0 Å². The van der Waals surface area contributed by atoms with Crippen LogP contribution in [0.5, 0.6) is 0 Å². The maximum absolute atomic E-state index is 11.9. The average molecular weight is 304 g/mol. The van der Waals surface area contributed by atoms with Gasteiger partial charge in [0.2, 0.25) is 0 Å². The van der Waals surface area contributed by atoms with Crippen molar-refractivity contribution in [2.45, 2.75) is 26.2 Å². The topological polar surface area (TPSA) is 46.6 Å². The van der Waals surface area contributed by atoms with Gasteiger partial charge in [-0.3, -0.25) is 4.31 Å². The van der Waals surface area contributed by atoms with Crippen LogP contribution in [0.4, 0.5) is 5.69 Å². The minimum atomic E-state index is -3.39. The fraction of sp³-hybridized carbons (Fsp3) is 0.538. The molecule has 1 aromatic rings. The van der Waals surface area contributed by atoms with Gasteiger partial charge in [-0.1, -0.05) is 38.4 Å². The first-order chi connectivity index (χ1) is 8.72. The molecule has 1 heterocycles. The molecule has 0 saturated carbocycles. The van der Waals surface area contributed by atoms with Crippen molar-refractivity contribution in [3.63, 3.8) is 0 Å². The lowest BCUT2D eigenvalue weighted by atomic mass is 9.87. The highest BCUT2D eigenvalue weighted by molar-refractivity contribution is 7.92. The minimum absolute atomic E-state index is 0.0699. The molecule has 106 valence electrons. The Morgan fingerprint density at radius 3 is 2.53 bits per heavy atom. The molecule has 1 aromatic carbocycles. The Labute approximate surface area is 119 Å². The van der Waals surface area contributed by atoms with E-state index in [1.807, 2.05) is 6.07 Å². The molecule has 1 aliphatic heterocycles. The SMILES string of the molecule is CC(C)(C)c1ccc(N2CCOCS2(=O)=O)cc1Cl. The summed E-state index contributed by atoms with van der Waals surface area (Å²) in [6, 6.07) is 5.41. The molecule has 0 spiro atoms. The Morgan fingerprint density at radius 1 is 1.32 bits per heavy atom. The van der Waals surface area contributed by atoms with Crippen LogP contribution < -0.4 is 4.31 Å². The molecule has 0 unspecified atom stereocenters. The zero-order valence-electron chi connectivity index (χ0n) is 11.3. The summed E-state index contributed by atoms with van der Waals surface area (Å²) in [5.41, 5.74) is 1.53. The van der Waals surface area contributed by atoms with Crippen LogP contribution in [0.2, 0.25) is 5.02 Å². The van der Waals surface area contributed by atoms with E-state index >= 15 is 0 Å². The maximum atomic E-state index is 11.9. The largest absolute Gasteiger partial charge is 0.362 e. The Bertz CT molecular complexity index is 578. The molecule has 1 fully saturated rings. The number of hydrogen-bond donors (Lipinski definition) is 0. The molecule has 0 N–H and O–H groups in total. The van der Waals surface area contributed by atoms with Crippen molar-refractivity contribution in [1.82, 2.24) is 0 Å². The fourth-order valence-electron chi connectivity index (χ4n) is 2.07. The number of halogens is 1.